The molecule has 1 aliphatic heterocycles. The van der Waals surface area contributed by atoms with Crippen molar-refractivity contribution in [3.8, 4) is 0 Å². The molecule has 1 atom stereocenters. The number of rotatable bonds is 5. The Bertz CT molecular complexity index is 358. The van der Waals surface area contributed by atoms with Gasteiger partial charge in [0.15, 0.2) is 5.76 Å². The van der Waals surface area contributed by atoms with E-state index in [0.29, 0.717) is 5.57 Å². The van der Waals surface area contributed by atoms with E-state index >= 15 is 0 Å². The number of amides is 2. The lowest BCUT2D eigenvalue weighted by Gasteiger charge is -2.09. The van der Waals surface area contributed by atoms with Crippen molar-refractivity contribution in [3.05, 3.63) is 23.5 Å². The van der Waals surface area contributed by atoms with Crippen molar-refractivity contribution in [2.75, 3.05) is 0 Å². The molecule has 0 bridgehead atoms. The fourth-order valence-electron chi connectivity index (χ4n) is 1.45. The minimum absolute atomic E-state index is 0.00783. The van der Waals surface area contributed by atoms with E-state index < -0.39 is 17.9 Å². The summed E-state index contributed by atoms with van der Waals surface area (Å²) in [6.07, 6.45) is 5.34. The van der Waals surface area contributed by atoms with E-state index in [4.69, 9.17) is 16.2 Å². The van der Waals surface area contributed by atoms with Crippen LogP contribution in [-0.4, -0.2) is 17.9 Å². The molecule has 1 unspecified atom stereocenters. The summed E-state index contributed by atoms with van der Waals surface area (Å²) >= 11 is 0. The van der Waals surface area contributed by atoms with Crippen molar-refractivity contribution in [2.45, 2.75) is 32.3 Å². The first-order chi connectivity index (χ1) is 7.56. The second-order valence-corrected chi connectivity index (χ2v) is 3.62. The van der Waals surface area contributed by atoms with Gasteiger partial charge >= 0.3 is 0 Å². The lowest BCUT2D eigenvalue weighted by atomic mass is 10.1. The highest BCUT2D eigenvalue weighted by Crippen LogP contribution is 2.23. The minimum atomic E-state index is -0.876. The number of ether oxygens (including phenoxy) is 1. The molecule has 1 heterocycles. The zero-order valence-corrected chi connectivity index (χ0v) is 9.23. The Morgan fingerprint density at radius 3 is 2.69 bits per heavy atom. The van der Waals surface area contributed by atoms with Gasteiger partial charge in [-0.15, -0.1) is 0 Å². The Balaban J connectivity index is 2.80. The van der Waals surface area contributed by atoms with Gasteiger partial charge in [0.25, 0.3) is 11.8 Å². The van der Waals surface area contributed by atoms with Crippen LogP contribution in [0.15, 0.2) is 23.5 Å². The third kappa shape index (κ3) is 2.85. The second-order valence-electron chi connectivity index (χ2n) is 3.62. The fourth-order valence-corrected chi connectivity index (χ4v) is 1.45. The minimum Gasteiger partial charge on any atom is -0.470 e. The van der Waals surface area contributed by atoms with E-state index in [9.17, 15) is 9.59 Å². The van der Waals surface area contributed by atoms with E-state index in [1.807, 2.05) is 6.08 Å². The smallest absolute Gasteiger partial charge is 0.283 e. The molecule has 0 saturated carbocycles. The normalized spacial score (nSPS) is 21.7. The van der Waals surface area contributed by atoms with Crippen LogP contribution in [0.2, 0.25) is 0 Å². The largest absolute Gasteiger partial charge is 0.470 e. The topological polar surface area (TPSA) is 95.4 Å². The summed E-state index contributed by atoms with van der Waals surface area (Å²) in [4.78, 5) is 22.0. The van der Waals surface area contributed by atoms with Crippen LogP contribution in [0.5, 0.6) is 0 Å². The summed E-state index contributed by atoms with van der Waals surface area (Å²) in [6.45, 7) is 2.07. The molecule has 0 radical (unpaired) electrons. The summed E-state index contributed by atoms with van der Waals surface area (Å²) in [6, 6.07) is 0. The van der Waals surface area contributed by atoms with Crippen LogP contribution >= 0.6 is 0 Å². The molecule has 5 heteroatoms. The Morgan fingerprint density at radius 1 is 1.50 bits per heavy atom. The van der Waals surface area contributed by atoms with Crippen LogP contribution < -0.4 is 11.5 Å². The molecule has 4 N–H and O–H groups in total. The lowest BCUT2D eigenvalue weighted by Crippen LogP contribution is -2.30. The van der Waals surface area contributed by atoms with Crippen LogP contribution in [0.4, 0.5) is 0 Å². The Labute approximate surface area is 94.1 Å². The number of nitrogens with two attached hydrogens (primary N) is 2. The number of hydrogen-bond acceptors (Lipinski definition) is 3. The average molecular weight is 224 g/mol. The quantitative estimate of drug-likeness (QED) is 0.660. The van der Waals surface area contributed by atoms with Gasteiger partial charge in [-0.05, 0) is 12.5 Å². The molecule has 16 heavy (non-hydrogen) atoms. The first-order valence-electron chi connectivity index (χ1n) is 5.23. The van der Waals surface area contributed by atoms with Crippen molar-refractivity contribution in [2.24, 2.45) is 11.5 Å². The second kappa shape index (κ2) is 5.34. The third-order valence-electron chi connectivity index (χ3n) is 2.28. The molecule has 0 saturated heterocycles. The summed E-state index contributed by atoms with van der Waals surface area (Å²) in [5, 5.41) is 0. The molecule has 2 amide bonds. The average Bonchev–Trinajstić information content (AvgIpc) is 2.62. The SMILES string of the molecule is CCCCC=C1C=C(C(N)=O)OC1C(N)=O. The molecule has 5 nitrogen and oxygen atoms in total. The van der Waals surface area contributed by atoms with E-state index in [2.05, 4.69) is 6.92 Å². The Hall–Kier alpha value is -1.78. The van der Waals surface area contributed by atoms with E-state index in [-0.39, 0.29) is 5.76 Å². The summed E-state index contributed by atoms with van der Waals surface area (Å²) in [7, 11) is 0. The van der Waals surface area contributed by atoms with Gasteiger partial charge in [0.1, 0.15) is 0 Å². The standard InChI is InChI=1S/C11H16N2O3/c1-2-3-4-5-7-6-8(10(12)14)16-9(7)11(13)15/h5-6,9H,2-4H2,1H3,(H2,12,14)(H2,13,15). The molecule has 1 aliphatic rings. The van der Waals surface area contributed by atoms with Crippen LogP contribution in [0.1, 0.15) is 26.2 Å². The molecule has 0 aromatic carbocycles. The summed E-state index contributed by atoms with van der Waals surface area (Å²) in [5.74, 6) is -1.31. The van der Waals surface area contributed by atoms with Crippen LogP contribution in [-0.2, 0) is 14.3 Å². The molecule has 0 aliphatic carbocycles. The summed E-state index contributed by atoms with van der Waals surface area (Å²) < 4.78 is 5.07. The maximum absolute atomic E-state index is 11.1. The first-order valence-corrected chi connectivity index (χ1v) is 5.23. The molecule has 0 aromatic rings. The third-order valence-corrected chi connectivity index (χ3v) is 2.28. The molecule has 0 fully saturated rings. The first kappa shape index (κ1) is 12.3. The van der Waals surface area contributed by atoms with Crippen molar-refractivity contribution in [1.29, 1.82) is 0 Å². The van der Waals surface area contributed by atoms with Gasteiger partial charge in [0, 0.05) is 5.57 Å². The van der Waals surface area contributed by atoms with Gasteiger partial charge in [0.2, 0.25) is 6.10 Å². The molecule has 1 rings (SSSR count). The Kier molecular flexibility index (Phi) is 4.10. The van der Waals surface area contributed by atoms with Crippen molar-refractivity contribution in [1.82, 2.24) is 0 Å². The number of carbonyl (C=O) groups is 2. The summed E-state index contributed by atoms with van der Waals surface area (Å²) in [5.41, 5.74) is 10.9. The lowest BCUT2D eigenvalue weighted by molar-refractivity contribution is -0.126. The highest BCUT2D eigenvalue weighted by Gasteiger charge is 2.30. The predicted octanol–water partition coefficient (Wildman–Crippen LogP) is 0.356. The number of unbranched alkanes of at least 4 members (excludes halogenated alkanes) is 2. The molecular weight excluding hydrogens is 208 g/mol. The van der Waals surface area contributed by atoms with Crippen molar-refractivity contribution < 1.29 is 14.3 Å². The maximum atomic E-state index is 11.1. The van der Waals surface area contributed by atoms with Gasteiger partial charge in [0.05, 0.1) is 0 Å². The van der Waals surface area contributed by atoms with E-state index in [1.165, 1.54) is 6.08 Å². The zero-order chi connectivity index (χ0) is 12.1. The zero-order valence-electron chi connectivity index (χ0n) is 9.23. The van der Waals surface area contributed by atoms with Crippen molar-refractivity contribution in [3.63, 3.8) is 0 Å². The van der Waals surface area contributed by atoms with E-state index in [0.717, 1.165) is 19.3 Å². The Morgan fingerprint density at radius 2 is 2.19 bits per heavy atom. The predicted molar refractivity (Wildman–Crippen MR) is 59.0 cm³/mol. The maximum Gasteiger partial charge on any atom is 0.283 e. The van der Waals surface area contributed by atoms with E-state index in [1.54, 1.807) is 0 Å². The highest BCUT2D eigenvalue weighted by molar-refractivity contribution is 5.94. The molecule has 0 aromatic heterocycles. The van der Waals surface area contributed by atoms with Crippen molar-refractivity contribution >= 4 is 11.8 Å². The van der Waals surface area contributed by atoms with Gasteiger partial charge in [-0.2, -0.15) is 0 Å². The molecule has 88 valence electrons. The van der Waals surface area contributed by atoms with Crippen LogP contribution in [0.3, 0.4) is 0 Å². The van der Waals surface area contributed by atoms with Crippen LogP contribution in [0.25, 0.3) is 0 Å². The molecule has 0 spiro atoms. The van der Waals surface area contributed by atoms with Gasteiger partial charge in [-0.1, -0.05) is 25.8 Å². The van der Waals surface area contributed by atoms with Gasteiger partial charge < -0.3 is 16.2 Å². The van der Waals surface area contributed by atoms with Gasteiger partial charge in [-0.25, -0.2) is 0 Å². The number of primary amides is 2. The van der Waals surface area contributed by atoms with Gasteiger partial charge in [-0.3, -0.25) is 9.59 Å². The number of carbonyl (C=O) groups excluding carboxylic acids is 2. The molecular formula is C11H16N2O3. The highest BCUT2D eigenvalue weighted by atomic mass is 16.5. The fraction of sp³-hybridized carbons (Fsp3) is 0.455. The number of allylic oxidation sites excluding steroid dienone is 1. The van der Waals surface area contributed by atoms with Crippen LogP contribution in [0, 0.1) is 0 Å². The monoisotopic (exact) mass is 224 g/mol. The number of hydrogen-bond donors (Lipinski definition) is 2.